The smallest absolute Gasteiger partial charge is 0.256 e. The molecule has 3 aromatic carbocycles. The molecule has 2 saturated heterocycles. The average Bonchev–Trinajstić information content (AvgIpc) is 3.38. The molecule has 5 rings (SSSR count). The van der Waals surface area contributed by atoms with Gasteiger partial charge in [-0.05, 0) is 54.1 Å². The minimum Gasteiger partial charge on any atom is -0.497 e. The monoisotopic (exact) mass is 543 g/mol. The van der Waals surface area contributed by atoms with Crippen LogP contribution in [-0.4, -0.2) is 73.2 Å². The van der Waals surface area contributed by atoms with Crippen LogP contribution in [0.5, 0.6) is 11.5 Å². The number of methoxy groups -OCH3 is 2. The van der Waals surface area contributed by atoms with Gasteiger partial charge in [0.15, 0.2) is 0 Å². The van der Waals surface area contributed by atoms with Gasteiger partial charge in [-0.1, -0.05) is 30.3 Å². The highest BCUT2D eigenvalue weighted by molar-refractivity contribution is 5.99. The van der Waals surface area contributed by atoms with Crippen LogP contribution in [0.15, 0.2) is 78.9 Å². The molecule has 0 aliphatic carbocycles. The highest BCUT2D eigenvalue weighted by Crippen LogP contribution is 2.39. The van der Waals surface area contributed by atoms with Gasteiger partial charge in [0, 0.05) is 43.6 Å². The van der Waals surface area contributed by atoms with Crippen molar-refractivity contribution < 1.29 is 28.6 Å². The topological polar surface area (TPSA) is 97.4 Å². The van der Waals surface area contributed by atoms with E-state index in [0.717, 1.165) is 5.56 Å². The molecule has 9 heteroatoms. The summed E-state index contributed by atoms with van der Waals surface area (Å²) in [5.74, 6) is 0.638. The minimum absolute atomic E-state index is 0.0783. The summed E-state index contributed by atoms with van der Waals surface area (Å²) in [6.07, 6.45) is 0.776. The first-order valence-electron chi connectivity index (χ1n) is 13.3. The molecule has 0 saturated carbocycles. The molecule has 3 aromatic rings. The molecule has 2 fully saturated rings. The maximum absolute atomic E-state index is 13.9. The number of piperidine rings is 1. The Morgan fingerprint density at radius 2 is 1.38 bits per heavy atom. The van der Waals surface area contributed by atoms with Gasteiger partial charge in [-0.2, -0.15) is 0 Å². The Bertz CT molecular complexity index is 1340. The van der Waals surface area contributed by atoms with Crippen LogP contribution in [-0.2, 0) is 16.1 Å². The van der Waals surface area contributed by atoms with Crippen molar-refractivity contribution in [2.75, 3.05) is 33.9 Å². The first-order chi connectivity index (χ1) is 19.4. The van der Waals surface area contributed by atoms with Crippen LogP contribution in [0.25, 0.3) is 0 Å². The van der Waals surface area contributed by atoms with Crippen LogP contribution in [0.1, 0.15) is 39.1 Å². The lowest BCUT2D eigenvalue weighted by Gasteiger charge is -2.44. The fourth-order valence-electron chi connectivity index (χ4n) is 5.32. The third-order valence-corrected chi connectivity index (χ3v) is 7.60. The standard InChI is InChI=1S/C31H33N3O6/c1-38-25-12-8-23(9-13-25)29(36)33-18-16-31(17-19-33)34(30(37)24-10-14-26(39-2)15-11-24)27(21-40-31)28(35)32-20-22-6-4-3-5-7-22/h3-15,27H,16-21H2,1-2H3,(H,32,35)/t27-/m0/s1. The third-order valence-electron chi connectivity index (χ3n) is 7.60. The van der Waals surface area contributed by atoms with Crippen molar-refractivity contribution in [2.45, 2.75) is 31.2 Å². The number of benzene rings is 3. The summed E-state index contributed by atoms with van der Waals surface area (Å²) in [7, 11) is 3.14. The lowest BCUT2D eigenvalue weighted by molar-refractivity contribution is -0.128. The first kappa shape index (κ1) is 27.2. The van der Waals surface area contributed by atoms with E-state index in [0.29, 0.717) is 55.1 Å². The minimum atomic E-state index is -0.998. The second kappa shape index (κ2) is 11.8. The van der Waals surface area contributed by atoms with E-state index in [4.69, 9.17) is 14.2 Å². The molecular weight excluding hydrogens is 510 g/mol. The molecule has 2 aliphatic rings. The predicted molar refractivity (Wildman–Crippen MR) is 148 cm³/mol. The van der Waals surface area contributed by atoms with Crippen molar-refractivity contribution in [2.24, 2.45) is 0 Å². The molecule has 1 atom stereocenters. The Kier molecular flexibility index (Phi) is 8.02. The van der Waals surface area contributed by atoms with E-state index < -0.39 is 11.8 Å². The van der Waals surface area contributed by atoms with Crippen LogP contribution in [0.4, 0.5) is 0 Å². The van der Waals surface area contributed by atoms with Crippen molar-refractivity contribution in [3.63, 3.8) is 0 Å². The predicted octanol–water partition coefficient (Wildman–Crippen LogP) is 3.49. The van der Waals surface area contributed by atoms with E-state index >= 15 is 0 Å². The Morgan fingerprint density at radius 1 is 0.825 bits per heavy atom. The van der Waals surface area contributed by atoms with E-state index in [2.05, 4.69) is 5.32 Å². The van der Waals surface area contributed by atoms with E-state index in [1.807, 2.05) is 30.3 Å². The van der Waals surface area contributed by atoms with Crippen LogP contribution in [0.3, 0.4) is 0 Å². The number of nitrogens with zero attached hydrogens (tertiary/aromatic N) is 2. The number of amides is 3. The van der Waals surface area contributed by atoms with Crippen molar-refractivity contribution in [1.82, 2.24) is 15.1 Å². The molecule has 2 aliphatic heterocycles. The molecule has 1 spiro atoms. The lowest BCUT2D eigenvalue weighted by Crippen LogP contribution is -2.59. The maximum Gasteiger partial charge on any atom is 0.256 e. The van der Waals surface area contributed by atoms with E-state index in [1.54, 1.807) is 72.6 Å². The van der Waals surface area contributed by atoms with Crippen LogP contribution in [0, 0.1) is 0 Å². The Balaban J connectivity index is 1.35. The zero-order chi connectivity index (χ0) is 28.1. The highest BCUT2D eigenvalue weighted by Gasteiger charge is 2.54. The molecule has 3 amide bonds. The maximum atomic E-state index is 13.9. The molecule has 208 valence electrons. The SMILES string of the molecule is COc1ccc(C(=O)N2CCC3(CC2)OC[C@@H](C(=O)NCc2ccccc2)N3C(=O)c2ccc(OC)cc2)cc1. The molecule has 2 heterocycles. The number of likely N-dealkylation sites (tertiary alicyclic amines) is 1. The van der Waals surface area contributed by atoms with Gasteiger partial charge in [0.25, 0.3) is 11.8 Å². The van der Waals surface area contributed by atoms with Crippen LogP contribution >= 0.6 is 0 Å². The van der Waals surface area contributed by atoms with E-state index in [-0.39, 0.29) is 24.3 Å². The number of carbonyl (C=O) groups is 3. The summed E-state index contributed by atoms with van der Waals surface area (Å²) < 4.78 is 16.7. The quantitative estimate of drug-likeness (QED) is 0.490. The number of hydrogen-bond donors (Lipinski definition) is 1. The van der Waals surface area contributed by atoms with Gasteiger partial charge in [-0.3, -0.25) is 19.3 Å². The summed E-state index contributed by atoms with van der Waals surface area (Å²) in [6, 6.07) is 22.6. The van der Waals surface area contributed by atoms with Gasteiger partial charge in [0.05, 0.1) is 20.8 Å². The second-order valence-electron chi connectivity index (χ2n) is 9.90. The molecule has 40 heavy (non-hydrogen) atoms. The summed E-state index contributed by atoms with van der Waals surface area (Å²) in [5, 5.41) is 2.97. The summed E-state index contributed by atoms with van der Waals surface area (Å²) >= 11 is 0. The van der Waals surface area contributed by atoms with Crippen LogP contribution < -0.4 is 14.8 Å². The Hall–Kier alpha value is -4.37. The van der Waals surface area contributed by atoms with Gasteiger partial charge in [-0.25, -0.2) is 0 Å². The number of hydrogen-bond acceptors (Lipinski definition) is 6. The largest absolute Gasteiger partial charge is 0.497 e. The molecule has 0 radical (unpaired) electrons. The van der Waals surface area contributed by atoms with Gasteiger partial charge in [-0.15, -0.1) is 0 Å². The number of carbonyl (C=O) groups excluding carboxylic acids is 3. The van der Waals surface area contributed by atoms with Gasteiger partial charge in [0.1, 0.15) is 23.3 Å². The zero-order valence-corrected chi connectivity index (χ0v) is 22.7. The van der Waals surface area contributed by atoms with E-state index in [9.17, 15) is 14.4 Å². The van der Waals surface area contributed by atoms with Crippen molar-refractivity contribution in [3.05, 3.63) is 95.6 Å². The van der Waals surface area contributed by atoms with Gasteiger partial charge >= 0.3 is 0 Å². The van der Waals surface area contributed by atoms with Crippen molar-refractivity contribution in [3.8, 4) is 11.5 Å². The summed E-state index contributed by atoms with van der Waals surface area (Å²) in [4.78, 5) is 43.9. The van der Waals surface area contributed by atoms with Gasteiger partial charge < -0.3 is 24.4 Å². The molecule has 0 unspecified atom stereocenters. The van der Waals surface area contributed by atoms with Crippen LogP contribution in [0.2, 0.25) is 0 Å². The number of nitrogens with one attached hydrogen (secondary N) is 1. The van der Waals surface area contributed by atoms with E-state index in [1.165, 1.54) is 0 Å². The molecular formula is C31H33N3O6. The van der Waals surface area contributed by atoms with Crippen molar-refractivity contribution >= 4 is 17.7 Å². The first-order valence-corrected chi connectivity index (χ1v) is 13.3. The second-order valence-corrected chi connectivity index (χ2v) is 9.90. The Labute approximate surface area is 233 Å². The summed E-state index contributed by atoms with van der Waals surface area (Å²) in [6.45, 7) is 1.19. The fourth-order valence-corrected chi connectivity index (χ4v) is 5.32. The average molecular weight is 544 g/mol. The summed E-state index contributed by atoms with van der Waals surface area (Å²) in [5.41, 5.74) is 0.960. The highest BCUT2D eigenvalue weighted by atomic mass is 16.5. The molecule has 1 N–H and O–H groups in total. The third kappa shape index (κ3) is 5.51. The van der Waals surface area contributed by atoms with Gasteiger partial charge in [0.2, 0.25) is 5.91 Å². The fraction of sp³-hybridized carbons (Fsp3) is 0.323. The molecule has 0 aromatic heterocycles. The normalized spacial score (nSPS) is 17.9. The zero-order valence-electron chi connectivity index (χ0n) is 22.7. The number of rotatable bonds is 7. The molecule has 9 nitrogen and oxygen atoms in total. The molecule has 0 bridgehead atoms. The van der Waals surface area contributed by atoms with Crippen molar-refractivity contribution in [1.29, 1.82) is 0 Å². The number of ether oxygens (including phenoxy) is 3. The lowest BCUT2D eigenvalue weighted by atomic mass is 9.96. The Morgan fingerprint density at radius 3 is 1.93 bits per heavy atom.